The summed E-state index contributed by atoms with van der Waals surface area (Å²) in [6.07, 6.45) is 0. The van der Waals surface area contributed by atoms with Gasteiger partial charge in [-0.15, -0.1) is 0 Å². The first-order chi connectivity index (χ1) is 9.04. The molecule has 0 saturated heterocycles. The molecule has 1 aromatic carbocycles. The molecule has 1 amide bonds. The molecule has 0 aliphatic rings. The van der Waals surface area contributed by atoms with Crippen molar-refractivity contribution in [1.29, 1.82) is 0 Å². The van der Waals surface area contributed by atoms with E-state index in [1.165, 1.54) is 0 Å². The van der Waals surface area contributed by atoms with Crippen LogP contribution in [0.25, 0.3) is 0 Å². The second-order valence-electron chi connectivity index (χ2n) is 5.10. The highest BCUT2D eigenvalue weighted by molar-refractivity contribution is 5.81. The minimum Gasteiger partial charge on any atom is -0.371 e. The van der Waals surface area contributed by atoms with Crippen molar-refractivity contribution in [3.8, 4) is 0 Å². The van der Waals surface area contributed by atoms with E-state index in [4.69, 9.17) is 0 Å². The number of nitrogens with one attached hydrogen (secondary N) is 2. The zero-order chi connectivity index (χ0) is 15.7. The van der Waals surface area contributed by atoms with E-state index in [1.807, 2.05) is 5.32 Å². The van der Waals surface area contributed by atoms with Gasteiger partial charge in [0.2, 0.25) is 11.7 Å². The molecule has 0 heterocycles. The molecule has 0 fully saturated rings. The second kappa shape index (κ2) is 5.64. The van der Waals surface area contributed by atoms with Crippen molar-refractivity contribution in [3.63, 3.8) is 0 Å². The van der Waals surface area contributed by atoms with E-state index in [2.05, 4.69) is 5.32 Å². The van der Waals surface area contributed by atoms with E-state index in [-0.39, 0.29) is 0 Å². The fourth-order valence-corrected chi connectivity index (χ4v) is 1.39. The fourth-order valence-electron chi connectivity index (χ4n) is 1.39. The first-order valence-corrected chi connectivity index (χ1v) is 5.61. The Morgan fingerprint density at radius 1 is 0.900 bits per heavy atom. The van der Waals surface area contributed by atoms with Gasteiger partial charge in [0.25, 0.3) is 0 Å². The van der Waals surface area contributed by atoms with Gasteiger partial charge in [0.1, 0.15) is 5.69 Å². The summed E-state index contributed by atoms with van der Waals surface area (Å²) in [5.41, 5.74) is -1.82. The molecule has 0 radical (unpaired) electrons. The molecular formula is C12H13F5N2O. The Hall–Kier alpha value is -1.86. The lowest BCUT2D eigenvalue weighted by molar-refractivity contribution is -0.120. The predicted octanol–water partition coefficient (Wildman–Crippen LogP) is 2.71. The summed E-state index contributed by atoms with van der Waals surface area (Å²) < 4.78 is 65.1. The molecule has 0 spiro atoms. The summed E-state index contributed by atoms with van der Waals surface area (Å²) in [4.78, 5) is 11.4. The third-order valence-corrected chi connectivity index (χ3v) is 2.15. The van der Waals surface area contributed by atoms with Gasteiger partial charge in [-0.2, -0.15) is 0 Å². The molecule has 0 aromatic heterocycles. The number of carbonyl (C=O) groups excluding carboxylic acids is 1. The van der Waals surface area contributed by atoms with Crippen LogP contribution in [0.5, 0.6) is 0 Å². The van der Waals surface area contributed by atoms with Crippen LogP contribution in [0.15, 0.2) is 0 Å². The van der Waals surface area contributed by atoms with E-state index < -0.39 is 52.8 Å². The van der Waals surface area contributed by atoms with Crippen molar-refractivity contribution < 1.29 is 26.7 Å². The van der Waals surface area contributed by atoms with Gasteiger partial charge in [-0.05, 0) is 20.8 Å². The lowest BCUT2D eigenvalue weighted by Crippen LogP contribution is -2.43. The largest absolute Gasteiger partial charge is 0.371 e. The molecule has 20 heavy (non-hydrogen) atoms. The van der Waals surface area contributed by atoms with Crippen LogP contribution in [-0.2, 0) is 4.79 Å². The van der Waals surface area contributed by atoms with Crippen LogP contribution in [0, 0.1) is 29.1 Å². The highest BCUT2D eigenvalue weighted by Crippen LogP contribution is 2.26. The zero-order valence-electron chi connectivity index (χ0n) is 11.0. The predicted molar refractivity (Wildman–Crippen MR) is 62.6 cm³/mol. The molecule has 0 saturated carbocycles. The number of halogens is 5. The molecule has 0 unspecified atom stereocenters. The van der Waals surface area contributed by atoms with Crippen molar-refractivity contribution >= 4 is 11.6 Å². The van der Waals surface area contributed by atoms with Crippen LogP contribution in [0.3, 0.4) is 0 Å². The van der Waals surface area contributed by atoms with Gasteiger partial charge in [0.05, 0.1) is 6.54 Å². The van der Waals surface area contributed by atoms with Gasteiger partial charge in [0, 0.05) is 5.54 Å². The lowest BCUT2D eigenvalue weighted by atomic mass is 10.1. The number of amides is 1. The van der Waals surface area contributed by atoms with Crippen LogP contribution in [0.1, 0.15) is 20.8 Å². The summed E-state index contributed by atoms with van der Waals surface area (Å²) in [6.45, 7) is 4.38. The Balaban J connectivity index is 2.92. The summed E-state index contributed by atoms with van der Waals surface area (Å²) >= 11 is 0. The Bertz CT molecular complexity index is 511. The number of benzene rings is 1. The molecular weight excluding hydrogens is 283 g/mol. The molecule has 8 heteroatoms. The standard InChI is InChI=1S/C12H13F5N2O/c1-12(2,3)19-5(20)4-18-11-9(16)7(14)6(13)8(15)10(11)17/h18H,4H2,1-3H3,(H,19,20). The van der Waals surface area contributed by atoms with Crippen molar-refractivity contribution in [1.82, 2.24) is 5.32 Å². The quantitative estimate of drug-likeness (QED) is 0.511. The Morgan fingerprint density at radius 3 is 1.70 bits per heavy atom. The average molecular weight is 296 g/mol. The maximum absolute atomic E-state index is 13.3. The summed E-state index contributed by atoms with van der Waals surface area (Å²) in [5.74, 6) is -11.0. The van der Waals surface area contributed by atoms with Gasteiger partial charge < -0.3 is 10.6 Å². The summed E-state index contributed by atoms with van der Waals surface area (Å²) in [5, 5.41) is 4.36. The van der Waals surface area contributed by atoms with Crippen molar-refractivity contribution in [2.75, 3.05) is 11.9 Å². The third kappa shape index (κ3) is 3.58. The maximum Gasteiger partial charge on any atom is 0.239 e. The Kier molecular flexibility index (Phi) is 4.57. The van der Waals surface area contributed by atoms with E-state index in [1.54, 1.807) is 20.8 Å². The Morgan fingerprint density at radius 2 is 1.30 bits per heavy atom. The van der Waals surface area contributed by atoms with Gasteiger partial charge in [-0.1, -0.05) is 0 Å². The molecule has 3 nitrogen and oxygen atoms in total. The first kappa shape index (κ1) is 16.2. The molecule has 0 aliphatic carbocycles. The topological polar surface area (TPSA) is 41.1 Å². The number of rotatable bonds is 3. The second-order valence-corrected chi connectivity index (χ2v) is 5.10. The van der Waals surface area contributed by atoms with E-state index >= 15 is 0 Å². The normalized spacial score (nSPS) is 11.4. The molecule has 1 aromatic rings. The fraction of sp³-hybridized carbons (Fsp3) is 0.417. The monoisotopic (exact) mass is 296 g/mol. The van der Waals surface area contributed by atoms with E-state index in [0.29, 0.717) is 0 Å². The highest BCUT2D eigenvalue weighted by atomic mass is 19.2. The minimum absolute atomic E-state index is 0.588. The Labute approximate surface area is 112 Å². The summed E-state index contributed by atoms with van der Waals surface area (Å²) in [6, 6.07) is 0. The highest BCUT2D eigenvalue weighted by Gasteiger charge is 2.26. The van der Waals surface area contributed by atoms with Crippen molar-refractivity contribution in [2.45, 2.75) is 26.3 Å². The molecule has 0 atom stereocenters. The molecule has 0 aliphatic heterocycles. The van der Waals surface area contributed by atoms with Gasteiger partial charge in [-0.25, -0.2) is 22.0 Å². The zero-order valence-corrected chi connectivity index (χ0v) is 11.0. The van der Waals surface area contributed by atoms with Crippen LogP contribution >= 0.6 is 0 Å². The van der Waals surface area contributed by atoms with Crippen LogP contribution in [0.2, 0.25) is 0 Å². The number of carbonyl (C=O) groups is 1. The van der Waals surface area contributed by atoms with Crippen molar-refractivity contribution in [3.05, 3.63) is 29.1 Å². The molecule has 112 valence electrons. The van der Waals surface area contributed by atoms with Crippen molar-refractivity contribution in [2.24, 2.45) is 0 Å². The summed E-state index contributed by atoms with van der Waals surface area (Å²) in [7, 11) is 0. The van der Waals surface area contributed by atoms with E-state index in [0.717, 1.165) is 0 Å². The molecule has 0 bridgehead atoms. The van der Waals surface area contributed by atoms with Gasteiger partial charge in [-0.3, -0.25) is 4.79 Å². The van der Waals surface area contributed by atoms with Crippen LogP contribution in [-0.4, -0.2) is 18.0 Å². The maximum atomic E-state index is 13.3. The van der Waals surface area contributed by atoms with Gasteiger partial charge in [0.15, 0.2) is 23.3 Å². The lowest BCUT2D eigenvalue weighted by Gasteiger charge is -2.21. The number of hydrogen-bond acceptors (Lipinski definition) is 2. The van der Waals surface area contributed by atoms with Gasteiger partial charge >= 0.3 is 0 Å². The SMILES string of the molecule is CC(C)(C)NC(=O)CNc1c(F)c(F)c(F)c(F)c1F. The van der Waals surface area contributed by atoms with Crippen LogP contribution in [0.4, 0.5) is 27.6 Å². The molecule has 1 rings (SSSR count). The van der Waals surface area contributed by atoms with Crippen LogP contribution < -0.4 is 10.6 Å². The molecule has 2 N–H and O–H groups in total. The smallest absolute Gasteiger partial charge is 0.239 e. The first-order valence-electron chi connectivity index (χ1n) is 5.61. The average Bonchev–Trinajstić information content (AvgIpc) is 2.32. The third-order valence-electron chi connectivity index (χ3n) is 2.15. The number of hydrogen-bond donors (Lipinski definition) is 2. The minimum atomic E-state index is -2.25. The number of anilines is 1. The van der Waals surface area contributed by atoms with E-state index in [9.17, 15) is 26.7 Å².